The van der Waals surface area contributed by atoms with Crippen molar-refractivity contribution >= 4 is 17.8 Å². The molecule has 1 rings (SSSR count). The molecular formula is C23H47F2N4O8+. The van der Waals surface area contributed by atoms with Crippen molar-refractivity contribution in [1.29, 1.82) is 0 Å². The van der Waals surface area contributed by atoms with Crippen LogP contribution in [0.1, 0.15) is 60.3 Å². The lowest BCUT2D eigenvalue weighted by atomic mass is 9.94. The fourth-order valence-electron chi connectivity index (χ4n) is 3.27. The Hall–Kier alpha value is -1.81. The number of carbonyl (C=O) groups excluding carboxylic acids is 2. The minimum absolute atomic E-state index is 0.204. The number of nitrogens with two attached hydrogens (primary N) is 2. The van der Waals surface area contributed by atoms with Gasteiger partial charge in [0.15, 0.2) is 6.04 Å². The molecule has 37 heavy (non-hydrogen) atoms. The van der Waals surface area contributed by atoms with Crippen LogP contribution in [-0.2, 0) is 19.1 Å². The molecule has 0 aromatic rings. The summed E-state index contributed by atoms with van der Waals surface area (Å²) < 4.78 is 33.7. The van der Waals surface area contributed by atoms with Crippen LogP contribution < -0.4 is 21.7 Å². The first kappa shape index (κ1) is 37.3. The van der Waals surface area contributed by atoms with Gasteiger partial charge in [-0.2, -0.15) is 0 Å². The molecule has 6 atom stereocenters. The topological polar surface area (TPSA) is 208 Å². The Labute approximate surface area is 217 Å². The van der Waals surface area contributed by atoms with E-state index in [1.807, 2.05) is 27.7 Å². The second-order valence-corrected chi connectivity index (χ2v) is 8.15. The van der Waals surface area contributed by atoms with Crippen molar-refractivity contribution in [2.45, 2.75) is 103 Å². The van der Waals surface area contributed by atoms with Crippen LogP contribution >= 0.6 is 0 Å². The van der Waals surface area contributed by atoms with Gasteiger partial charge in [-0.1, -0.05) is 27.7 Å². The van der Waals surface area contributed by atoms with E-state index in [1.54, 1.807) is 0 Å². The molecule has 1 fully saturated rings. The van der Waals surface area contributed by atoms with Gasteiger partial charge in [0.1, 0.15) is 30.9 Å². The number of hydrogen-bond acceptors (Lipinski definition) is 9. The van der Waals surface area contributed by atoms with E-state index in [0.29, 0.717) is 12.8 Å². The molecule has 14 heteroatoms. The molecule has 1 heterocycles. The summed E-state index contributed by atoms with van der Waals surface area (Å²) in [6, 6.07) is -1.72. The number of carbonyl (C=O) groups is 3. The number of nitrogens with one attached hydrogen (secondary N) is 2. The average Bonchev–Trinajstić information content (AvgIpc) is 2.87. The summed E-state index contributed by atoms with van der Waals surface area (Å²) in [5, 5.41) is 42.8. The molecule has 0 aromatic heterocycles. The number of primary amides is 1. The molecule has 0 saturated carbocycles. The zero-order valence-electron chi connectivity index (χ0n) is 22.5. The number of unbranched alkanes of at least 4 members (excludes halogenated alkanes) is 1. The van der Waals surface area contributed by atoms with Gasteiger partial charge < -0.3 is 41.5 Å². The highest BCUT2D eigenvalue weighted by Crippen LogP contribution is 2.31. The Balaban J connectivity index is 0. The average molecular weight is 546 g/mol. The predicted molar refractivity (Wildman–Crippen MR) is 132 cm³/mol. The Morgan fingerprint density at radius 2 is 1.76 bits per heavy atom. The number of quaternary nitrogens is 1. The summed E-state index contributed by atoms with van der Waals surface area (Å²) in [5.41, 5.74) is 5.79. The van der Waals surface area contributed by atoms with Gasteiger partial charge in [0, 0.05) is 6.42 Å². The molecule has 0 aromatic carbocycles. The number of carboxylic acids is 1. The monoisotopic (exact) mass is 545 g/mol. The number of aliphatic carboxylic acids is 1. The zero-order chi connectivity index (χ0) is 29.2. The van der Waals surface area contributed by atoms with Crippen molar-refractivity contribution in [3.63, 3.8) is 0 Å². The van der Waals surface area contributed by atoms with Crippen LogP contribution in [0.4, 0.5) is 8.78 Å². The second-order valence-electron chi connectivity index (χ2n) is 8.15. The molecule has 1 aliphatic heterocycles. The van der Waals surface area contributed by atoms with Crippen LogP contribution in [-0.4, -0.2) is 107 Å². The van der Waals surface area contributed by atoms with Crippen LogP contribution in [0.15, 0.2) is 0 Å². The first-order valence-electron chi connectivity index (χ1n) is 12.7. The Morgan fingerprint density at radius 1 is 1.16 bits per heavy atom. The Bertz CT molecular complexity index is 660. The minimum Gasteiger partial charge on any atom is -0.480 e. The molecule has 2 amide bonds. The van der Waals surface area contributed by atoms with Crippen molar-refractivity contribution in [2.75, 3.05) is 26.2 Å². The summed E-state index contributed by atoms with van der Waals surface area (Å²) in [6.45, 7) is 7.65. The van der Waals surface area contributed by atoms with E-state index in [2.05, 4.69) is 10.6 Å². The normalized spacial score (nSPS) is 22.9. The van der Waals surface area contributed by atoms with Crippen molar-refractivity contribution < 1.29 is 53.6 Å². The molecule has 0 bridgehead atoms. The summed E-state index contributed by atoms with van der Waals surface area (Å²) in [6.07, 6.45) is -5.09. The maximum Gasteiger partial charge on any atom is 0.327 e. The molecule has 220 valence electrons. The third-order valence-corrected chi connectivity index (χ3v) is 5.31. The molecule has 12 nitrogen and oxygen atoms in total. The summed E-state index contributed by atoms with van der Waals surface area (Å²) in [7, 11) is 0. The van der Waals surface area contributed by atoms with Crippen molar-refractivity contribution in [3.8, 4) is 0 Å². The van der Waals surface area contributed by atoms with Gasteiger partial charge in [0.25, 0.3) is 11.8 Å². The molecule has 1 aliphatic rings. The lowest BCUT2D eigenvalue weighted by Gasteiger charge is -2.39. The second kappa shape index (κ2) is 20.2. The minimum atomic E-state index is -3.34. The van der Waals surface area contributed by atoms with Crippen LogP contribution in [0.2, 0.25) is 0 Å². The largest absolute Gasteiger partial charge is 0.480 e. The lowest BCUT2D eigenvalue weighted by molar-refractivity contribution is -0.590. The first-order valence-corrected chi connectivity index (χ1v) is 12.7. The van der Waals surface area contributed by atoms with Crippen molar-refractivity contribution in [2.24, 2.45) is 5.73 Å². The van der Waals surface area contributed by atoms with E-state index < -0.39 is 86.3 Å². The van der Waals surface area contributed by atoms with Crippen LogP contribution in [0.25, 0.3) is 0 Å². The van der Waals surface area contributed by atoms with Gasteiger partial charge in [0.05, 0.1) is 19.3 Å². The smallest absolute Gasteiger partial charge is 0.327 e. The molecule has 0 radical (unpaired) electrons. The van der Waals surface area contributed by atoms with Gasteiger partial charge in [0.2, 0.25) is 0 Å². The molecule has 10 N–H and O–H groups in total. The Morgan fingerprint density at radius 3 is 2.30 bits per heavy atom. The van der Waals surface area contributed by atoms with Crippen LogP contribution in [0.5, 0.6) is 0 Å². The molecule has 0 aliphatic carbocycles. The maximum atomic E-state index is 14.4. The van der Waals surface area contributed by atoms with E-state index in [0.717, 1.165) is 5.32 Å². The number of rotatable bonds is 14. The van der Waals surface area contributed by atoms with Gasteiger partial charge in [-0.3, -0.25) is 14.9 Å². The number of carboxylic acid groups (broad SMARTS) is 1. The number of aliphatic hydroxyl groups is 3. The fourth-order valence-corrected chi connectivity index (χ4v) is 3.27. The van der Waals surface area contributed by atoms with Gasteiger partial charge in [-0.05, 0) is 32.7 Å². The van der Waals surface area contributed by atoms with E-state index >= 15 is 0 Å². The number of aliphatic hydroxyl groups excluding tert-OH is 3. The van der Waals surface area contributed by atoms with Gasteiger partial charge in [-0.25, -0.2) is 13.6 Å². The number of halogens is 2. The number of alkyl halides is 2. The van der Waals surface area contributed by atoms with Crippen LogP contribution in [0, 0.1) is 0 Å². The van der Waals surface area contributed by atoms with Gasteiger partial charge >= 0.3 is 11.9 Å². The Kier molecular flexibility index (Phi) is 20.4. The maximum absolute atomic E-state index is 14.4. The highest BCUT2D eigenvalue weighted by molar-refractivity contribution is 5.85. The molecule has 6 unspecified atom stereocenters. The quantitative estimate of drug-likeness (QED) is 0.116. The SMILES string of the molecule is CC.CC.CC([NH2+]C(=O)C(N)CCCCNCC(F)(F)C1CC(O)C(O)C(CO)O1)C(=O)NCC(=O)O. The molecular weight excluding hydrogens is 498 g/mol. The third-order valence-electron chi connectivity index (χ3n) is 5.31. The predicted octanol–water partition coefficient (Wildman–Crippen LogP) is -1.69. The zero-order valence-corrected chi connectivity index (χ0v) is 22.5. The van der Waals surface area contributed by atoms with E-state index in [4.69, 9.17) is 20.7 Å². The molecule has 0 spiro atoms. The van der Waals surface area contributed by atoms with E-state index in [9.17, 15) is 33.4 Å². The van der Waals surface area contributed by atoms with Gasteiger partial charge in [-0.15, -0.1) is 0 Å². The van der Waals surface area contributed by atoms with Crippen molar-refractivity contribution in [1.82, 2.24) is 10.6 Å². The highest BCUT2D eigenvalue weighted by atomic mass is 19.3. The van der Waals surface area contributed by atoms with E-state index in [1.165, 1.54) is 6.92 Å². The number of amides is 2. The summed E-state index contributed by atoms with van der Waals surface area (Å²) in [4.78, 5) is 34.2. The standard InChI is InChI=1S/C19H34F2N4O8.2C2H6/c1-10(17(31)24-7-15(28)29)25-18(32)11(22)4-2-3-5-23-9-19(20,21)14-6-12(27)16(30)13(8-26)33-14;2*1-2/h10-14,16,23,26-27,30H,2-9,22H2,1H3,(H,24,31)(H,25,32)(H,28,29);2*1-2H3/p+1. The third kappa shape index (κ3) is 14.6. The van der Waals surface area contributed by atoms with E-state index in [-0.39, 0.29) is 13.0 Å². The van der Waals surface area contributed by atoms with Crippen LogP contribution in [0.3, 0.4) is 0 Å². The van der Waals surface area contributed by atoms with Crippen molar-refractivity contribution in [3.05, 3.63) is 0 Å². The summed E-state index contributed by atoms with van der Waals surface area (Å²) >= 11 is 0. The molecule has 1 saturated heterocycles. The number of ether oxygens (including phenoxy) is 1. The summed E-state index contributed by atoms with van der Waals surface area (Å²) in [5.74, 6) is -5.63. The highest BCUT2D eigenvalue weighted by Gasteiger charge is 2.48. The first-order chi connectivity index (χ1) is 17.4. The number of hydrogen-bond donors (Lipinski definition) is 8. The lowest BCUT2D eigenvalue weighted by Crippen LogP contribution is -2.97. The fraction of sp³-hybridized carbons (Fsp3) is 0.870.